The van der Waals surface area contributed by atoms with Crippen LogP contribution in [0.4, 0.5) is 4.39 Å². The van der Waals surface area contributed by atoms with Gasteiger partial charge in [0.05, 0.1) is 6.10 Å². The van der Waals surface area contributed by atoms with Gasteiger partial charge in [0.25, 0.3) is 0 Å². The molecule has 90 valence electrons. The molecule has 2 N–H and O–H groups in total. The second-order valence-corrected chi connectivity index (χ2v) is 5.05. The van der Waals surface area contributed by atoms with Gasteiger partial charge in [-0.15, -0.1) is 0 Å². The van der Waals surface area contributed by atoms with Gasteiger partial charge >= 0.3 is 0 Å². The van der Waals surface area contributed by atoms with Crippen molar-refractivity contribution >= 4 is 11.8 Å². The van der Waals surface area contributed by atoms with Crippen molar-refractivity contribution in [3.63, 3.8) is 0 Å². The Hall–Kier alpha value is -0.580. The van der Waals surface area contributed by atoms with E-state index in [-0.39, 0.29) is 5.82 Å². The first-order valence-corrected chi connectivity index (χ1v) is 6.59. The van der Waals surface area contributed by atoms with E-state index in [0.717, 1.165) is 6.54 Å². The first-order valence-electron chi connectivity index (χ1n) is 5.30. The molecule has 1 rings (SSSR count). The third-order valence-corrected chi connectivity index (χ3v) is 3.38. The largest absolute Gasteiger partial charge is 0.387 e. The fourth-order valence-corrected chi connectivity index (χ4v) is 1.62. The topological polar surface area (TPSA) is 32.3 Å². The molecule has 1 aromatic rings. The second-order valence-electron chi connectivity index (χ2n) is 3.78. The Balaban J connectivity index is 2.38. The van der Waals surface area contributed by atoms with Gasteiger partial charge in [0.2, 0.25) is 0 Å². The number of aliphatic hydroxyl groups is 1. The molecule has 0 saturated carbocycles. The summed E-state index contributed by atoms with van der Waals surface area (Å²) in [5.41, 5.74) is 0.615. The fraction of sp³-hybridized carbons (Fsp3) is 0.500. The molecule has 0 fully saturated rings. The summed E-state index contributed by atoms with van der Waals surface area (Å²) in [4.78, 5) is 0. The Kier molecular flexibility index (Phi) is 5.80. The van der Waals surface area contributed by atoms with Crippen LogP contribution in [-0.4, -0.2) is 29.7 Å². The van der Waals surface area contributed by atoms with Gasteiger partial charge in [-0.05, 0) is 24.0 Å². The molecule has 1 aromatic carbocycles. The summed E-state index contributed by atoms with van der Waals surface area (Å²) in [6.07, 6.45) is 1.40. The summed E-state index contributed by atoms with van der Waals surface area (Å²) < 4.78 is 12.9. The minimum Gasteiger partial charge on any atom is -0.387 e. The van der Waals surface area contributed by atoms with Gasteiger partial charge in [0.1, 0.15) is 5.82 Å². The summed E-state index contributed by atoms with van der Waals surface area (Å²) in [6.45, 7) is 3.41. The number of thioether (sulfide) groups is 1. The van der Waals surface area contributed by atoms with Gasteiger partial charge in [-0.25, -0.2) is 4.39 Å². The Morgan fingerprint density at radius 2 is 2.19 bits per heavy atom. The van der Waals surface area contributed by atoms with E-state index in [1.165, 1.54) is 12.1 Å². The predicted octanol–water partition coefficient (Wildman–Crippen LogP) is 2.20. The maximum Gasteiger partial charge on any atom is 0.123 e. The molecule has 0 spiro atoms. The molecular weight excluding hydrogens is 225 g/mol. The van der Waals surface area contributed by atoms with Crippen LogP contribution in [0.25, 0.3) is 0 Å². The highest BCUT2D eigenvalue weighted by Crippen LogP contribution is 2.13. The van der Waals surface area contributed by atoms with Crippen LogP contribution < -0.4 is 5.32 Å². The Bertz CT molecular complexity index is 322. The van der Waals surface area contributed by atoms with Gasteiger partial charge in [0, 0.05) is 18.3 Å². The zero-order chi connectivity index (χ0) is 12.0. The lowest BCUT2D eigenvalue weighted by atomic mass is 10.1. The van der Waals surface area contributed by atoms with E-state index in [4.69, 9.17) is 0 Å². The molecule has 0 aliphatic carbocycles. The maximum absolute atomic E-state index is 12.9. The lowest BCUT2D eigenvalue weighted by Gasteiger charge is -2.14. The second kappa shape index (κ2) is 6.89. The summed E-state index contributed by atoms with van der Waals surface area (Å²) in [5, 5.41) is 13.5. The van der Waals surface area contributed by atoms with Crippen LogP contribution in [0.1, 0.15) is 18.6 Å². The summed E-state index contributed by atoms with van der Waals surface area (Å²) >= 11 is 1.77. The van der Waals surface area contributed by atoms with Gasteiger partial charge in [0.15, 0.2) is 0 Å². The number of nitrogens with one attached hydrogen (secondary N) is 1. The number of halogens is 1. The molecule has 2 nitrogen and oxygen atoms in total. The maximum atomic E-state index is 12.9. The highest BCUT2D eigenvalue weighted by atomic mass is 32.2. The van der Waals surface area contributed by atoms with Gasteiger partial charge in [-0.1, -0.05) is 19.1 Å². The number of hydrogen-bond acceptors (Lipinski definition) is 3. The minimum absolute atomic E-state index is 0.311. The highest BCUT2D eigenvalue weighted by Gasteiger charge is 2.08. The molecule has 0 radical (unpaired) electrons. The van der Waals surface area contributed by atoms with E-state index in [1.54, 1.807) is 23.9 Å². The molecule has 16 heavy (non-hydrogen) atoms. The number of hydrogen-bond donors (Lipinski definition) is 2. The Morgan fingerprint density at radius 1 is 1.44 bits per heavy atom. The lowest BCUT2D eigenvalue weighted by Crippen LogP contribution is -2.27. The average molecular weight is 243 g/mol. The van der Waals surface area contributed by atoms with Crippen molar-refractivity contribution in [3.8, 4) is 0 Å². The van der Waals surface area contributed by atoms with Crippen LogP contribution >= 0.6 is 11.8 Å². The zero-order valence-corrected chi connectivity index (χ0v) is 10.4. The van der Waals surface area contributed by atoms with Gasteiger partial charge in [-0.3, -0.25) is 0 Å². The van der Waals surface area contributed by atoms with Crippen LogP contribution in [0.5, 0.6) is 0 Å². The molecule has 4 heteroatoms. The normalized spacial score (nSPS) is 14.8. The molecule has 0 saturated heterocycles. The number of aliphatic hydroxyl groups excluding tert-OH is 1. The highest BCUT2D eigenvalue weighted by molar-refractivity contribution is 7.99. The standard InChI is InChI=1S/C12H18FNOS/c1-9(16-2)7-14-8-12(15)10-4-3-5-11(13)6-10/h3-6,9,12,14-15H,7-8H2,1-2H3. The van der Waals surface area contributed by atoms with Crippen molar-refractivity contribution in [2.75, 3.05) is 19.3 Å². The summed E-state index contributed by atoms with van der Waals surface area (Å²) in [5.74, 6) is -0.311. The summed E-state index contributed by atoms with van der Waals surface area (Å²) in [7, 11) is 0. The quantitative estimate of drug-likeness (QED) is 0.803. The Morgan fingerprint density at radius 3 is 2.81 bits per heavy atom. The van der Waals surface area contributed by atoms with Crippen molar-refractivity contribution in [2.24, 2.45) is 0 Å². The summed E-state index contributed by atoms with van der Waals surface area (Å²) in [6, 6.07) is 6.08. The number of benzene rings is 1. The number of rotatable bonds is 6. The SMILES string of the molecule is CSC(C)CNCC(O)c1cccc(F)c1. The van der Waals surface area contributed by atoms with Crippen LogP contribution in [0.2, 0.25) is 0 Å². The predicted molar refractivity (Wildman–Crippen MR) is 67.2 cm³/mol. The van der Waals surface area contributed by atoms with Crippen LogP contribution in [0.15, 0.2) is 24.3 Å². The molecule has 2 atom stereocenters. The van der Waals surface area contributed by atoms with E-state index >= 15 is 0 Å². The van der Waals surface area contributed by atoms with E-state index in [0.29, 0.717) is 17.4 Å². The zero-order valence-electron chi connectivity index (χ0n) is 9.61. The van der Waals surface area contributed by atoms with Crippen LogP contribution in [0, 0.1) is 5.82 Å². The van der Waals surface area contributed by atoms with E-state index in [2.05, 4.69) is 18.5 Å². The first kappa shape index (κ1) is 13.5. The molecule has 0 heterocycles. The lowest BCUT2D eigenvalue weighted by molar-refractivity contribution is 0.174. The Labute approximate surface area is 100 Å². The minimum atomic E-state index is -0.648. The third-order valence-electron chi connectivity index (χ3n) is 2.41. The van der Waals surface area contributed by atoms with E-state index in [1.807, 2.05) is 0 Å². The molecule has 0 aliphatic rings. The van der Waals surface area contributed by atoms with Gasteiger partial charge in [-0.2, -0.15) is 11.8 Å². The van der Waals surface area contributed by atoms with Crippen molar-refractivity contribution in [2.45, 2.75) is 18.3 Å². The molecule has 0 aliphatic heterocycles. The fourth-order valence-electron chi connectivity index (χ4n) is 1.34. The van der Waals surface area contributed by atoms with Crippen LogP contribution in [-0.2, 0) is 0 Å². The van der Waals surface area contributed by atoms with Gasteiger partial charge < -0.3 is 10.4 Å². The third kappa shape index (κ3) is 4.51. The smallest absolute Gasteiger partial charge is 0.123 e. The van der Waals surface area contributed by atoms with E-state index < -0.39 is 6.10 Å². The molecule has 2 unspecified atom stereocenters. The monoisotopic (exact) mass is 243 g/mol. The van der Waals surface area contributed by atoms with Crippen molar-refractivity contribution < 1.29 is 9.50 Å². The van der Waals surface area contributed by atoms with Crippen LogP contribution in [0.3, 0.4) is 0 Å². The molecule has 0 aromatic heterocycles. The first-order chi connectivity index (χ1) is 7.63. The average Bonchev–Trinajstić information content (AvgIpc) is 2.28. The van der Waals surface area contributed by atoms with Crippen molar-refractivity contribution in [3.05, 3.63) is 35.6 Å². The molecule has 0 amide bonds. The van der Waals surface area contributed by atoms with E-state index in [9.17, 15) is 9.50 Å². The van der Waals surface area contributed by atoms with Crippen molar-refractivity contribution in [1.82, 2.24) is 5.32 Å². The molecule has 0 bridgehead atoms. The molecular formula is C12H18FNOS. The van der Waals surface area contributed by atoms with Crippen molar-refractivity contribution in [1.29, 1.82) is 0 Å².